The minimum absolute atomic E-state index is 0.356. The van der Waals surface area contributed by atoms with Crippen molar-refractivity contribution in [2.45, 2.75) is 49.3 Å². The van der Waals surface area contributed by atoms with Gasteiger partial charge in [0.1, 0.15) is 0 Å². The highest BCUT2D eigenvalue weighted by molar-refractivity contribution is 7.92. The summed E-state index contributed by atoms with van der Waals surface area (Å²) in [5.74, 6) is 2.38. The van der Waals surface area contributed by atoms with Crippen LogP contribution in [-0.4, -0.2) is 28.1 Å². The molecule has 5 heteroatoms. The van der Waals surface area contributed by atoms with E-state index in [-0.39, 0.29) is 0 Å². The molecule has 0 radical (unpaired) electrons. The summed E-state index contributed by atoms with van der Waals surface area (Å²) in [6.45, 7) is 2.88. The number of anilines is 1. The molecule has 0 aromatic heterocycles. The Labute approximate surface area is 209 Å². The van der Waals surface area contributed by atoms with Crippen LogP contribution in [0.2, 0.25) is 0 Å². The van der Waals surface area contributed by atoms with Crippen LogP contribution in [0.25, 0.3) is 11.1 Å². The maximum absolute atomic E-state index is 13.5. The summed E-state index contributed by atoms with van der Waals surface area (Å²) in [5.41, 5.74) is 5.55. The molecule has 0 spiro atoms. The highest BCUT2D eigenvalue weighted by Crippen LogP contribution is 2.51. The quantitative estimate of drug-likeness (QED) is 0.446. The monoisotopic (exact) mass is 486 g/mol. The molecule has 2 heterocycles. The Hall–Kier alpha value is -2.63. The van der Waals surface area contributed by atoms with E-state index in [0.29, 0.717) is 17.4 Å². The van der Waals surface area contributed by atoms with Crippen LogP contribution in [-0.2, 0) is 16.4 Å². The Bertz CT molecular complexity index is 1280. The average Bonchev–Trinajstić information content (AvgIpc) is 3.56. The van der Waals surface area contributed by atoms with Crippen molar-refractivity contribution in [3.8, 4) is 11.1 Å². The first-order valence-corrected chi connectivity index (χ1v) is 14.6. The van der Waals surface area contributed by atoms with Crippen molar-refractivity contribution in [2.75, 3.05) is 23.9 Å². The van der Waals surface area contributed by atoms with E-state index in [1.165, 1.54) is 56.3 Å². The predicted octanol–water partition coefficient (Wildman–Crippen LogP) is 5.99. The molecule has 3 aliphatic rings. The Morgan fingerprint density at radius 3 is 2.37 bits per heavy atom. The number of hydrogen-bond donors (Lipinski definition) is 1. The summed E-state index contributed by atoms with van der Waals surface area (Å²) < 4.78 is 28.6. The molecule has 1 saturated carbocycles. The Morgan fingerprint density at radius 2 is 1.60 bits per heavy atom. The van der Waals surface area contributed by atoms with Gasteiger partial charge in [-0.1, -0.05) is 61.0 Å². The molecule has 1 N–H and O–H groups in total. The summed E-state index contributed by atoms with van der Waals surface area (Å²) in [6.07, 6.45) is 7.44. The van der Waals surface area contributed by atoms with Gasteiger partial charge in [-0.2, -0.15) is 0 Å². The number of fused-ring (bicyclic) bond motifs is 1. The number of piperidine rings is 1. The topological polar surface area (TPSA) is 49.4 Å². The second-order valence-corrected chi connectivity index (χ2v) is 12.3. The van der Waals surface area contributed by atoms with E-state index in [1.807, 2.05) is 42.5 Å². The van der Waals surface area contributed by atoms with Crippen molar-refractivity contribution in [3.63, 3.8) is 0 Å². The number of nitrogens with zero attached hydrogens (tertiary/aromatic N) is 1. The van der Waals surface area contributed by atoms with Gasteiger partial charge in [0.25, 0.3) is 10.0 Å². The summed E-state index contributed by atoms with van der Waals surface area (Å²) in [7, 11) is -3.57. The number of nitrogens with one attached hydrogen (secondary N) is 1. The standard InChI is InChI=1S/C30H34N2O2S/c33-35(34,28-11-8-24(9-12-28)23-4-2-1-3-5-23)32-19-16-27-20-25(10-13-30(27)32)29-21-26(29)7-6-22-14-17-31-18-15-22/h1-5,8-13,20,22,26,29,31H,6-7,14-19,21H2. The van der Waals surface area contributed by atoms with Crippen molar-refractivity contribution in [1.82, 2.24) is 5.32 Å². The van der Waals surface area contributed by atoms with Crippen molar-refractivity contribution in [2.24, 2.45) is 11.8 Å². The Kier molecular flexibility index (Phi) is 6.15. The second-order valence-electron chi connectivity index (χ2n) is 10.5. The van der Waals surface area contributed by atoms with Gasteiger partial charge in [0.2, 0.25) is 0 Å². The first-order chi connectivity index (χ1) is 17.1. The van der Waals surface area contributed by atoms with Crippen LogP contribution >= 0.6 is 0 Å². The lowest BCUT2D eigenvalue weighted by molar-refractivity contribution is 0.340. The lowest BCUT2D eigenvalue weighted by Gasteiger charge is -2.22. The molecule has 1 saturated heterocycles. The molecular weight excluding hydrogens is 452 g/mol. The minimum atomic E-state index is -3.57. The maximum atomic E-state index is 13.5. The van der Waals surface area contributed by atoms with Gasteiger partial charge in [-0.05, 0) is 103 Å². The van der Waals surface area contributed by atoms with Gasteiger partial charge in [0.05, 0.1) is 10.6 Å². The number of rotatable bonds is 7. The SMILES string of the molecule is O=S(=O)(c1ccc(-c2ccccc2)cc1)N1CCc2cc(C3CC3CCC3CCNCC3)ccc21. The van der Waals surface area contributed by atoms with Gasteiger partial charge in [0.15, 0.2) is 0 Å². The van der Waals surface area contributed by atoms with E-state index in [9.17, 15) is 8.42 Å². The second kappa shape index (κ2) is 9.44. The van der Waals surface area contributed by atoms with E-state index in [1.54, 1.807) is 16.4 Å². The van der Waals surface area contributed by atoms with Crippen LogP contribution in [0.4, 0.5) is 5.69 Å². The molecule has 6 rings (SSSR count). The lowest BCUT2D eigenvalue weighted by atomic mass is 9.91. The highest BCUT2D eigenvalue weighted by Gasteiger charge is 2.39. The molecule has 3 aromatic carbocycles. The van der Waals surface area contributed by atoms with Gasteiger partial charge in [0, 0.05) is 6.54 Å². The van der Waals surface area contributed by atoms with E-state index in [0.717, 1.165) is 35.1 Å². The van der Waals surface area contributed by atoms with E-state index in [2.05, 4.69) is 23.5 Å². The molecule has 4 nitrogen and oxygen atoms in total. The van der Waals surface area contributed by atoms with Crippen LogP contribution < -0.4 is 9.62 Å². The summed E-state index contributed by atoms with van der Waals surface area (Å²) in [4.78, 5) is 0.356. The molecule has 2 atom stereocenters. The fraction of sp³-hybridized carbons (Fsp3) is 0.400. The molecule has 182 valence electrons. The Balaban J connectivity index is 1.13. The Morgan fingerprint density at radius 1 is 0.857 bits per heavy atom. The van der Waals surface area contributed by atoms with Gasteiger partial charge in [-0.3, -0.25) is 4.31 Å². The molecule has 2 aliphatic heterocycles. The third-order valence-corrected chi connectivity index (χ3v) is 10.1. The minimum Gasteiger partial charge on any atom is -0.317 e. The summed E-state index contributed by atoms with van der Waals surface area (Å²) in [6, 6.07) is 23.8. The third kappa shape index (κ3) is 4.64. The molecule has 0 bridgehead atoms. The summed E-state index contributed by atoms with van der Waals surface area (Å²) >= 11 is 0. The first kappa shape index (κ1) is 22.8. The third-order valence-electron chi connectivity index (χ3n) is 8.26. The number of sulfonamides is 1. The van der Waals surface area contributed by atoms with Gasteiger partial charge < -0.3 is 5.32 Å². The molecule has 2 unspecified atom stereocenters. The fourth-order valence-electron chi connectivity index (χ4n) is 6.04. The molecule has 0 amide bonds. The van der Waals surface area contributed by atoms with Crippen molar-refractivity contribution >= 4 is 15.7 Å². The molecule has 3 aromatic rings. The molecule has 1 aliphatic carbocycles. The van der Waals surface area contributed by atoms with E-state index in [4.69, 9.17) is 0 Å². The largest absolute Gasteiger partial charge is 0.317 e. The average molecular weight is 487 g/mol. The molecule has 35 heavy (non-hydrogen) atoms. The van der Waals surface area contributed by atoms with Crippen LogP contribution in [0.15, 0.2) is 77.7 Å². The zero-order valence-corrected chi connectivity index (χ0v) is 21.0. The van der Waals surface area contributed by atoms with Crippen molar-refractivity contribution in [1.29, 1.82) is 0 Å². The van der Waals surface area contributed by atoms with Gasteiger partial charge in [-0.15, -0.1) is 0 Å². The van der Waals surface area contributed by atoms with Crippen molar-refractivity contribution in [3.05, 3.63) is 83.9 Å². The van der Waals surface area contributed by atoms with Crippen LogP contribution in [0.3, 0.4) is 0 Å². The highest BCUT2D eigenvalue weighted by atomic mass is 32.2. The predicted molar refractivity (Wildman–Crippen MR) is 142 cm³/mol. The van der Waals surface area contributed by atoms with Crippen LogP contribution in [0.5, 0.6) is 0 Å². The zero-order valence-electron chi connectivity index (χ0n) is 20.2. The fourth-order valence-corrected chi connectivity index (χ4v) is 7.55. The number of benzene rings is 3. The zero-order chi connectivity index (χ0) is 23.8. The maximum Gasteiger partial charge on any atom is 0.264 e. The van der Waals surface area contributed by atoms with Crippen molar-refractivity contribution < 1.29 is 8.42 Å². The van der Waals surface area contributed by atoms with E-state index >= 15 is 0 Å². The van der Waals surface area contributed by atoms with Crippen LogP contribution in [0.1, 0.15) is 49.1 Å². The van der Waals surface area contributed by atoms with Gasteiger partial charge >= 0.3 is 0 Å². The lowest BCUT2D eigenvalue weighted by Crippen LogP contribution is -2.29. The normalized spacial score (nSPS) is 22.2. The smallest absolute Gasteiger partial charge is 0.264 e. The van der Waals surface area contributed by atoms with E-state index < -0.39 is 10.0 Å². The van der Waals surface area contributed by atoms with Crippen LogP contribution in [0, 0.1) is 11.8 Å². The molecular formula is C30H34N2O2S. The molecule has 2 fully saturated rings. The summed E-state index contributed by atoms with van der Waals surface area (Å²) in [5, 5.41) is 3.46. The first-order valence-electron chi connectivity index (χ1n) is 13.1. The van der Waals surface area contributed by atoms with Gasteiger partial charge in [-0.25, -0.2) is 8.42 Å². The number of hydrogen-bond acceptors (Lipinski definition) is 3.